The molecule has 0 bridgehead atoms. The average molecular weight is 342 g/mol. The summed E-state index contributed by atoms with van der Waals surface area (Å²) in [6.07, 6.45) is 0. The summed E-state index contributed by atoms with van der Waals surface area (Å²) in [5.41, 5.74) is 7.57. The maximum Gasteiger partial charge on any atom is 0.246 e. The van der Waals surface area contributed by atoms with Crippen LogP contribution in [0.25, 0.3) is 0 Å². The number of aryl methyl sites for hydroxylation is 1. The van der Waals surface area contributed by atoms with Crippen LogP contribution < -0.4 is 20.7 Å². The Kier molecular flexibility index (Phi) is 6.84. The molecule has 1 heterocycles. The van der Waals surface area contributed by atoms with Crippen LogP contribution >= 0.6 is 12.4 Å². The van der Waals surface area contributed by atoms with Crippen LogP contribution in [0, 0.1) is 12.8 Å². The van der Waals surface area contributed by atoms with E-state index in [1.54, 1.807) is 4.90 Å². The molecule has 2 rings (SSSR count). The molecule has 23 heavy (non-hydrogen) atoms. The molecule has 0 fully saturated rings. The Bertz CT molecular complexity index is 578. The fraction of sp³-hybridized carbons (Fsp3) is 0.500. The van der Waals surface area contributed by atoms with Gasteiger partial charge in [0.15, 0.2) is 0 Å². The van der Waals surface area contributed by atoms with Gasteiger partial charge in [-0.15, -0.1) is 12.4 Å². The zero-order chi connectivity index (χ0) is 16.3. The Morgan fingerprint density at radius 3 is 2.74 bits per heavy atom. The van der Waals surface area contributed by atoms with Crippen molar-refractivity contribution in [1.29, 1.82) is 0 Å². The molecule has 0 unspecified atom stereocenters. The molecular formula is C16H24ClN3O3. The topological polar surface area (TPSA) is 84.7 Å². The number of nitrogens with one attached hydrogen (secondary N) is 1. The van der Waals surface area contributed by atoms with E-state index in [-0.39, 0.29) is 36.7 Å². The van der Waals surface area contributed by atoms with Crippen LogP contribution in [0.1, 0.15) is 19.4 Å². The Labute approximate surface area is 142 Å². The van der Waals surface area contributed by atoms with E-state index in [4.69, 9.17) is 10.5 Å². The Morgan fingerprint density at radius 2 is 2.09 bits per heavy atom. The van der Waals surface area contributed by atoms with Crippen molar-refractivity contribution >= 4 is 29.9 Å². The van der Waals surface area contributed by atoms with Crippen LogP contribution in [-0.4, -0.2) is 37.6 Å². The summed E-state index contributed by atoms with van der Waals surface area (Å²) in [5.74, 6) is 0.255. The Morgan fingerprint density at radius 1 is 1.39 bits per heavy atom. The number of rotatable bonds is 4. The normalized spacial score (nSPS) is 14.4. The van der Waals surface area contributed by atoms with Crippen LogP contribution in [0.15, 0.2) is 18.2 Å². The maximum atomic E-state index is 12.4. The van der Waals surface area contributed by atoms with E-state index in [1.165, 1.54) is 0 Å². The van der Waals surface area contributed by atoms with Crippen LogP contribution in [0.4, 0.5) is 5.69 Å². The van der Waals surface area contributed by atoms with Crippen molar-refractivity contribution in [2.75, 3.05) is 24.6 Å². The largest absolute Gasteiger partial charge is 0.490 e. The van der Waals surface area contributed by atoms with E-state index >= 15 is 0 Å². The molecule has 1 aliphatic rings. The zero-order valence-corrected chi connectivity index (χ0v) is 14.5. The van der Waals surface area contributed by atoms with Crippen molar-refractivity contribution in [3.63, 3.8) is 0 Å². The van der Waals surface area contributed by atoms with Crippen molar-refractivity contribution in [2.45, 2.75) is 26.8 Å². The average Bonchev–Trinajstić information content (AvgIpc) is 2.50. The minimum Gasteiger partial charge on any atom is -0.490 e. The summed E-state index contributed by atoms with van der Waals surface area (Å²) in [6, 6.07) is 5.10. The lowest BCUT2D eigenvalue weighted by Gasteiger charge is -2.30. The Hall–Kier alpha value is -1.79. The van der Waals surface area contributed by atoms with Gasteiger partial charge in [-0.2, -0.15) is 0 Å². The summed E-state index contributed by atoms with van der Waals surface area (Å²) in [7, 11) is 0. The molecule has 1 aromatic carbocycles. The third-order valence-electron chi connectivity index (χ3n) is 3.71. The number of amides is 2. The summed E-state index contributed by atoms with van der Waals surface area (Å²) in [5, 5.41) is 2.61. The number of hydrogen-bond acceptors (Lipinski definition) is 4. The van der Waals surface area contributed by atoms with E-state index < -0.39 is 6.04 Å². The first kappa shape index (κ1) is 19.3. The monoisotopic (exact) mass is 341 g/mol. The van der Waals surface area contributed by atoms with E-state index in [0.717, 1.165) is 11.3 Å². The van der Waals surface area contributed by atoms with Gasteiger partial charge in [-0.25, -0.2) is 0 Å². The minimum absolute atomic E-state index is 0. The van der Waals surface area contributed by atoms with E-state index in [1.807, 2.05) is 39.0 Å². The first-order valence-corrected chi connectivity index (χ1v) is 7.47. The SMILES string of the molecule is Cc1ccc2c(c1)OCCN2C(=O)CNC(=O)[C@@H](N)C(C)C.Cl. The van der Waals surface area contributed by atoms with E-state index in [0.29, 0.717) is 18.9 Å². The van der Waals surface area contributed by atoms with Crippen molar-refractivity contribution in [3.8, 4) is 5.75 Å². The first-order chi connectivity index (χ1) is 10.4. The van der Waals surface area contributed by atoms with Crippen LogP contribution in [0.3, 0.4) is 0 Å². The number of anilines is 1. The quantitative estimate of drug-likeness (QED) is 0.863. The molecule has 128 valence electrons. The second kappa shape index (κ2) is 8.17. The molecule has 1 aliphatic heterocycles. The number of ether oxygens (including phenoxy) is 1. The number of carbonyl (C=O) groups is 2. The molecule has 0 aliphatic carbocycles. The highest BCUT2D eigenvalue weighted by Crippen LogP contribution is 2.32. The summed E-state index contributed by atoms with van der Waals surface area (Å²) < 4.78 is 5.58. The second-order valence-electron chi connectivity index (χ2n) is 5.85. The van der Waals surface area contributed by atoms with Crippen molar-refractivity contribution in [2.24, 2.45) is 11.7 Å². The van der Waals surface area contributed by atoms with Gasteiger partial charge in [-0.3, -0.25) is 9.59 Å². The zero-order valence-electron chi connectivity index (χ0n) is 13.7. The van der Waals surface area contributed by atoms with Crippen molar-refractivity contribution in [3.05, 3.63) is 23.8 Å². The lowest BCUT2D eigenvalue weighted by molar-refractivity contribution is -0.126. The number of halogens is 1. The number of nitrogens with zero attached hydrogens (tertiary/aromatic N) is 1. The highest BCUT2D eigenvalue weighted by atomic mass is 35.5. The third-order valence-corrected chi connectivity index (χ3v) is 3.71. The van der Waals surface area contributed by atoms with Gasteiger partial charge in [0.1, 0.15) is 12.4 Å². The van der Waals surface area contributed by atoms with E-state index in [2.05, 4.69) is 5.32 Å². The Balaban J connectivity index is 0.00000264. The number of fused-ring (bicyclic) bond motifs is 1. The van der Waals surface area contributed by atoms with Crippen molar-refractivity contribution in [1.82, 2.24) is 5.32 Å². The van der Waals surface area contributed by atoms with Gasteiger partial charge in [-0.05, 0) is 30.5 Å². The predicted molar refractivity (Wildman–Crippen MR) is 92.1 cm³/mol. The fourth-order valence-electron chi connectivity index (χ4n) is 2.27. The van der Waals surface area contributed by atoms with Gasteiger partial charge in [0.2, 0.25) is 11.8 Å². The van der Waals surface area contributed by atoms with Gasteiger partial charge in [0.25, 0.3) is 0 Å². The van der Waals surface area contributed by atoms with E-state index in [9.17, 15) is 9.59 Å². The molecule has 0 radical (unpaired) electrons. The molecule has 0 aromatic heterocycles. The van der Waals surface area contributed by atoms with Gasteiger partial charge in [0, 0.05) is 0 Å². The van der Waals surface area contributed by atoms with Gasteiger partial charge in [-0.1, -0.05) is 19.9 Å². The first-order valence-electron chi connectivity index (χ1n) is 7.47. The standard InChI is InChI=1S/C16H23N3O3.ClH/c1-10(2)15(17)16(21)18-9-14(20)19-6-7-22-13-8-11(3)4-5-12(13)19;/h4-5,8,10,15H,6-7,9,17H2,1-3H3,(H,18,21);1H/t15-;/m0./s1. The third kappa shape index (κ3) is 4.59. The molecule has 6 nitrogen and oxygen atoms in total. The van der Waals surface area contributed by atoms with Gasteiger partial charge in [0.05, 0.1) is 24.8 Å². The molecule has 1 aromatic rings. The molecule has 7 heteroatoms. The number of benzene rings is 1. The molecular weight excluding hydrogens is 318 g/mol. The second-order valence-corrected chi connectivity index (χ2v) is 5.85. The maximum absolute atomic E-state index is 12.4. The van der Waals surface area contributed by atoms with Crippen LogP contribution in [0.5, 0.6) is 5.75 Å². The molecule has 3 N–H and O–H groups in total. The highest BCUT2D eigenvalue weighted by Gasteiger charge is 2.25. The molecule has 0 saturated carbocycles. The number of carbonyl (C=O) groups excluding carboxylic acids is 2. The van der Waals surface area contributed by atoms with Crippen LogP contribution in [0.2, 0.25) is 0 Å². The lowest BCUT2D eigenvalue weighted by Crippen LogP contribution is -2.49. The van der Waals surface area contributed by atoms with Gasteiger partial charge >= 0.3 is 0 Å². The minimum atomic E-state index is -0.604. The number of hydrogen-bond donors (Lipinski definition) is 2. The fourth-order valence-corrected chi connectivity index (χ4v) is 2.27. The van der Waals surface area contributed by atoms with Crippen molar-refractivity contribution < 1.29 is 14.3 Å². The molecule has 0 spiro atoms. The smallest absolute Gasteiger partial charge is 0.246 e. The predicted octanol–water partition coefficient (Wildman–Crippen LogP) is 1.24. The molecule has 2 amide bonds. The van der Waals surface area contributed by atoms with Crippen LogP contribution in [-0.2, 0) is 9.59 Å². The van der Waals surface area contributed by atoms with Gasteiger partial charge < -0.3 is 20.7 Å². The summed E-state index contributed by atoms with van der Waals surface area (Å²) >= 11 is 0. The number of nitrogens with two attached hydrogens (primary N) is 1. The molecule has 1 atom stereocenters. The summed E-state index contributed by atoms with van der Waals surface area (Å²) in [6.45, 7) is 6.56. The summed E-state index contributed by atoms with van der Waals surface area (Å²) in [4.78, 5) is 25.8. The molecule has 0 saturated heterocycles. The highest BCUT2D eigenvalue weighted by molar-refractivity contribution is 5.98. The lowest BCUT2D eigenvalue weighted by atomic mass is 10.1.